The van der Waals surface area contributed by atoms with Gasteiger partial charge in [-0.2, -0.15) is 0 Å². The standard InChI is InChI=1S/C23H29N5O/c1-16-25-20(13-22(26-16)23(29)27(2)3)11-17-5-4-10-28(14-17)15-18-6-7-19-8-9-24-21(19)12-18/h6-9,12-13,17,24H,4-5,10-11,14-15H2,1-3H3/t17-/m0/s1. The number of nitrogens with one attached hydrogen (secondary N) is 1. The smallest absolute Gasteiger partial charge is 0.272 e. The van der Waals surface area contributed by atoms with Crippen molar-refractivity contribution >= 4 is 16.8 Å². The first-order valence-electron chi connectivity index (χ1n) is 10.3. The highest BCUT2D eigenvalue weighted by atomic mass is 16.2. The Balaban J connectivity index is 1.42. The van der Waals surface area contributed by atoms with Crippen molar-refractivity contribution in [2.24, 2.45) is 5.92 Å². The molecule has 1 fully saturated rings. The van der Waals surface area contributed by atoms with Gasteiger partial charge in [-0.25, -0.2) is 9.97 Å². The highest BCUT2D eigenvalue weighted by Crippen LogP contribution is 2.23. The van der Waals surface area contributed by atoms with Crippen LogP contribution in [0.2, 0.25) is 0 Å². The molecule has 1 aliphatic rings. The van der Waals surface area contributed by atoms with E-state index in [2.05, 4.69) is 44.1 Å². The van der Waals surface area contributed by atoms with Crippen molar-refractivity contribution in [1.82, 2.24) is 24.8 Å². The Morgan fingerprint density at radius 2 is 2.10 bits per heavy atom. The van der Waals surface area contributed by atoms with E-state index < -0.39 is 0 Å². The first-order valence-corrected chi connectivity index (χ1v) is 10.3. The van der Waals surface area contributed by atoms with E-state index in [0.717, 1.165) is 31.7 Å². The summed E-state index contributed by atoms with van der Waals surface area (Å²) in [6, 6.07) is 10.6. The van der Waals surface area contributed by atoms with Crippen LogP contribution in [-0.2, 0) is 13.0 Å². The van der Waals surface area contributed by atoms with Crippen molar-refractivity contribution in [3.8, 4) is 0 Å². The molecule has 3 heterocycles. The number of likely N-dealkylation sites (tertiary alicyclic amines) is 1. The monoisotopic (exact) mass is 391 g/mol. The van der Waals surface area contributed by atoms with E-state index in [0.29, 0.717) is 17.4 Å². The van der Waals surface area contributed by atoms with Crippen LogP contribution < -0.4 is 0 Å². The maximum atomic E-state index is 12.3. The molecule has 1 aromatic carbocycles. The van der Waals surface area contributed by atoms with Crippen LogP contribution in [0, 0.1) is 12.8 Å². The lowest BCUT2D eigenvalue weighted by molar-refractivity contribution is 0.0821. The molecule has 1 atom stereocenters. The molecule has 1 N–H and O–H groups in total. The minimum atomic E-state index is -0.0678. The van der Waals surface area contributed by atoms with Gasteiger partial charge in [0, 0.05) is 44.6 Å². The molecule has 1 aliphatic heterocycles. The summed E-state index contributed by atoms with van der Waals surface area (Å²) in [5.41, 5.74) is 4.01. The number of benzene rings is 1. The Kier molecular flexibility index (Phi) is 5.62. The van der Waals surface area contributed by atoms with Crippen molar-refractivity contribution in [3.63, 3.8) is 0 Å². The molecule has 0 unspecified atom stereocenters. The highest BCUT2D eigenvalue weighted by Gasteiger charge is 2.22. The normalized spacial score (nSPS) is 17.6. The second-order valence-electron chi connectivity index (χ2n) is 8.34. The molecule has 6 heteroatoms. The molecule has 152 valence electrons. The molecular formula is C23H29N5O. The zero-order valence-electron chi connectivity index (χ0n) is 17.5. The Bertz CT molecular complexity index is 1010. The van der Waals surface area contributed by atoms with Gasteiger partial charge in [0.1, 0.15) is 11.5 Å². The van der Waals surface area contributed by atoms with Crippen LogP contribution in [0.4, 0.5) is 0 Å². The maximum Gasteiger partial charge on any atom is 0.272 e. The lowest BCUT2D eigenvalue weighted by Gasteiger charge is -2.32. The third-order valence-electron chi connectivity index (χ3n) is 5.64. The first kappa shape index (κ1) is 19.6. The van der Waals surface area contributed by atoms with Gasteiger partial charge in [-0.05, 0) is 67.8 Å². The van der Waals surface area contributed by atoms with Gasteiger partial charge in [-0.3, -0.25) is 9.69 Å². The fraction of sp³-hybridized carbons (Fsp3) is 0.435. The number of hydrogen-bond acceptors (Lipinski definition) is 4. The molecule has 0 aliphatic carbocycles. The second kappa shape index (κ2) is 8.33. The highest BCUT2D eigenvalue weighted by molar-refractivity contribution is 5.92. The summed E-state index contributed by atoms with van der Waals surface area (Å²) in [6.07, 6.45) is 5.28. The fourth-order valence-corrected chi connectivity index (χ4v) is 4.28. The SMILES string of the molecule is Cc1nc(C[C@@H]2CCCN(Cc3ccc4cc[nH]c4c3)C2)cc(C(=O)N(C)C)n1. The average Bonchev–Trinajstić information content (AvgIpc) is 3.15. The Morgan fingerprint density at radius 1 is 1.24 bits per heavy atom. The van der Waals surface area contributed by atoms with Crippen molar-refractivity contribution in [1.29, 1.82) is 0 Å². The number of rotatable bonds is 5. The summed E-state index contributed by atoms with van der Waals surface area (Å²) in [7, 11) is 3.51. The topological polar surface area (TPSA) is 65.1 Å². The van der Waals surface area contributed by atoms with E-state index in [1.807, 2.05) is 19.2 Å². The van der Waals surface area contributed by atoms with Crippen molar-refractivity contribution < 1.29 is 4.79 Å². The number of aryl methyl sites for hydroxylation is 1. The minimum Gasteiger partial charge on any atom is -0.361 e. The molecule has 0 radical (unpaired) electrons. The van der Waals surface area contributed by atoms with Gasteiger partial charge < -0.3 is 9.88 Å². The molecule has 6 nitrogen and oxygen atoms in total. The predicted molar refractivity (Wildman–Crippen MR) is 115 cm³/mol. The summed E-state index contributed by atoms with van der Waals surface area (Å²) >= 11 is 0. The first-order chi connectivity index (χ1) is 14.0. The van der Waals surface area contributed by atoms with Gasteiger partial charge in [-0.1, -0.05) is 12.1 Å². The van der Waals surface area contributed by atoms with Gasteiger partial charge in [0.15, 0.2) is 0 Å². The second-order valence-corrected chi connectivity index (χ2v) is 8.34. The van der Waals surface area contributed by atoms with Gasteiger partial charge in [0.05, 0.1) is 0 Å². The Labute approximate surface area is 172 Å². The lowest BCUT2D eigenvalue weighted by Crippen LogP contribution is -2.36. The van der Waals surface area contributed by atoms with Crippen LogP contribution in [0.15, 0.2) is 36.5 Å². The van der Waals surface area contributed by atoms with Gasteiger partial charge in [0.2, 0.25) is 0 Å². The van der Waals surface area contributed by atoms with E-state index in [4.69, 9.17) is 0 Å². The van der Waals surface area contributed by atoms with Crippen molar-refractivity contribution in [2.75, 3.05) is 27.2 Å². The number of carbonyl (C=O) groups is 1. The summed E-state index contributed by atoms with van der Waals surface area (Å²) < 4.78 is 0. The Morgan fingerprint density at radius 3 is 2.93 bits per heavy atom. The van der Waals surface area contributed by atoms with E-state index in [1.54, 1.807) is 19.0 Å². The van der Waals surface area contributed by atoms with Crippen LogP contribution in [0.3, 0.4) is 0 Å². The summed E-state index contributed by atoms with van der Waals surface area (Å²) in [5, 5.41) is 1.26. The number of nitrogens with zero attached hydrogens (tertiary/aromatic N) is 4. The number of piperidine rings is 1. The molecule has 1 saturated heterocycles. The van der Waals surface area contributed by atoms with E-state index >= 15 is 0 Å². The van der Waals surface area contributed by atoms with E-state index in [-0.39, 0.29) is 5.91 Å². The van der Waals surface area contributed by atoms with E-state index in [1.165, 1.54) is 29.3 Å². The molecule has 0 spiro atoms. The maximum absolute atomic E-state index is 12.3. The van der Waals surface area contributed by atoms with Gasteiger partial charge in [0.25, 0.3) is 5.91 Å². The van der Waals surface area contributed by atoms with Crippen molar-refractivity contribution in [2.45, 2.75) is 32.7 Å². The number of aromatic amines is 1. The average molecular weight is 392 g/mol. The van der Waals surface area contributed by atoms with Crippen LogP contribution in [-0.4, -0.2) is 57.8 Å². The van der Waals surface area contributed by atoms with Gasteiger partial charge >= 0.3 is 0 Å². The fourth-order valence-electron chi connectivity index (χ4n) is 4.28. The molecule has 1 amide bonds. The van der Waals surface area contributed by atoms with Crippen LogP contribution in [0.1, 0.15) is 40.4 Å². The summed E-state index contributed by atoms with van der Waals surface area (Å²) in [5.74, 6) is 1.15. The van der Waals surface area contributed by atoms with Crippen molar-refractivity contribution in [3.05, 3.63) is 59.3 Å². The molecule has 0 bridgehead atoms. The molecule has 2 aromatic heterocycles. The predicted octanol–water partition coefficient (Wildman–Crippen LogP) is 3.42. The Hall–Kier alpha value is -2.73. The zero-order chi connectivity index (χ0) is 20.4. The summed E-state index contributed by atoms with van der Waals surface area (Å²) in [4.78, 5) is 28.6. The number of carbonyl (C=O) groups excluding carboxylic acids is 1. The van der Waals surface area contributed by atoms with Crippen LogP contribution in [0.25, 0.3) is 10.9 Å². The molecular weight excluding hydrogens is 362 g/mol. The molecule has 4 rings (SSSR count). The third-order valence-corrected chi connectivity index (χ3v) is 5.64. The van der Waals surface area contributed by atoms with Gasteiger partial charge in [-0.15, -0.1) is 0 Å². The number of amides is 1. The summed E-state index contributed by atoms with van der Waals surface area (Å²) in [6.45, 7) is 5.02. The number of H-pyrrole nitrogens is 1. The number of fused-ring (bicyclic) bond motifs is 1. The lowest BCUT2D eigenvalue weighted by atomic mass is 9.92. The largest absolute Gasteiger partial charge is 0.361 e. The van der Waals surface area contributed by atoms with E-state index in [9.17, 15) is 4.79 Å². The van der Waals surface area contributed by atoms with Crippen LogP contribution >= 0.6 is 0 Å². The quantitative estimate of drug-likeness (QED) is 0.724. The molecule has 3 aromatic rings. The number of aromatic nitrogens is 3. The minimum absolute atomic E-state index is 0.0678. The molecule has 29 heavy (non-hydrogen) atoms. The molecule has 0 saturated carbocycles. The number of hydrogen-bond donors (Lipinski definition) is 1. The third kappa shape index (κ3) is 4.65. The zero-order valence-corrected chi connectivity index (χ0v) is 17.5. The van der Waals surface area contributed by atoms with Crippen LogP contribution in [0.5, 0.6) is 0 Å².